The topological polar surface area (TPSA) is 94.8 Å². The summed E-state index contributed by atoms with van der Waals surface area (Å²) in [6.07, 6.45) is 4.25. The summed E-state index contributed by atoms with van der Waals surface area (Å²) in [6.45, 7) is 1.85. The number of benzene rings is 1. The predicted molar refractivity (Wildman–Crippen MR) is 82.3 cm³/mol. The summed E-state index contributed by atoms with van der Waals surface area (Å²) >= 11 is 0. The average Bonchev–Trinajstić information content (AvgIpc) is 3.08. The van der Waals surface area contributed by atoms with Gasteiger partial charge in [0, 0.05) is 6.07 Å². The van der Waals surface area contributed by atoms with Gasteiger partial charge in [-0.15, -0.1) is 0 Å². The van der Waals surface area contributed by atoms with Crippen LogP contribution in [0.5, 0.6) is 5.75 Å². The Hall–Kier alpha value is -3.29. The van der Waals surface area contributed by atoms with E-state index < -0.39 is 0 Å². The van der Waals surface area contributed by atoms with Gasteiger partial charge < -0.3 is 10.1 Å². The maximum Gasteiger partial charge on any atom is 0.263 e. The first-order chi connectivity index (χ1) is 11.2. The van der Waals surface area contributed by atoms with E-state index in [0.717, 1.165) is 5.56 Å². The molecule has 3 aromatic rings. The minimum absolute atomic E-state index is 0.105. The molecular weight excluding hydrogens is 296 g/mol. The Balaban J connectivity index is 1.61. The molecule has 1 N–H and O–H groups in total. The zero-order valence-corrected chi connectivity index (χ0v) is 12.4. The molecule has 0 spiro atoms. The number of nitrogens with one attached hydrogen (secondary N) is 1. The van der Waals surface area contributed by atoms with Crippen molar-refractivity contribution in [1.82, 2.24) is 24.7 Å². The van der Waals surface area contributed by atoms with Crippen LogP contribution in [0, 0.1) is 6.92 Å². The molecule has 0 unspecified atom stereocenters. The van der Waals surface area contributed by atoms with Crippen LogP contribution in [0.2, 0.25) is 0 Å². The Morgan fingerprint density at radius 3 is 2.96 bits per heavy atom. The number of hydrogen-bond acceptors (Lipinski definition) is 6. The first-order valence-corrected chi connectivity index (χ1v) is 6.87. The Morgan fingerprint density at radius 2 is 2.17 bits per heavy atom. The van der Waals surface area contributed by atoms with Gasteiger partial charge in [-0.3, -0.25) is 4.79 Å². The van der Waals surface area contributed by atoms with Gasteiger partial charge >= 0.3 is 0 Å². The lowest BCUT2D eigenvalue weighted by Gasteiger charge is -2.08. The average molecular weight is 310 g/mol. The molecule has 0 aliphatic rings. The molecule has 1 amide bonds. The van der Waals surface area contributed by atoms with Gasteiger partial charge in [0.15, 0.2) is 12.4 Å². The molecular formula is C15H14N6O2. The Kier molecular flexibility index (Phi) is 4.23. The first kappa shape index (κ1) is 14.6. The highest BCUT2D eigenvalue weighted by molar-refractivity contribution is 5.91. The van der Waals surface area contributed by atoms with Crippen molar-refractivity contribution in [2.45, 2.75) is 6.92 Å². The van der Waals surface area contributed by atoms with Gasteiger partial charge in [-0.05, 0) is 24.6 Å². The Labute approximate surface area is 132 Å². The van der Waals surface area contributed by atoms with Crippen molar-refractivity contribution in [2.75, 3.05) is 11.9 Å². The molecule has 23 heavy (non-hydrogen) atoms. The molecule has 0 aliphatic heterocycles. The highest BCUT2D eigenvalue weighted by Crippen LogP contribution is 2.12. The van der Waals surface area contributed by atoms with Crippen molar-refractivity contribution in [3.8, 4) is 11.6 Å². The molecule has 0 saturated heterocycles. The number of anilines is 1. The van der Waals surface area contributed by atoms with Crippen molar-refractivity contribution in [2.24, 2.45) is 0 Å². The van der Waals surface area contributed by atoms with Crippen LogP contribution in [0.1, 0.15) is 5.56 Å². The van der Waals surface area contributed by atoms with Crippen LogP contribution in [-0.4, -0.2) is 37.2 Å². The van der Waals surface area contributed by atoms with E-state index in [9.17, 15) is 4.79 Å². The van der Waals surface area contributed by atoms with Gasteiger partial charge in [0.25, 0.3) is 5.91 Å². The van der Waals surface area contributed by atoms with Gasteiger partial charge in [0.2, 0.25) is 0 Å². The number of hydrogen-bond donors (Lipinski definition) is 1. The van der Waals surface area contributed by atoms with Crippen molar-refractivity contribution < 1.29 is 9.53 Å². The first-order valence-electron chi connectivity index (χ1n) is 6.87. The van der Waals surface area contributed by atoms with Crippen LogP contribution >= 0.6 is 0 Å². The quantitative estimate of drug-likeness (QED) is 0.765. The summed E-state index contributed by atoms with van der Waals surface area (Å²) in [5.41, 5.74) is 1.07. The Bertz CT molecular complexity index is 803. The summed E-state index contributed by atoms with van der Waals surface area (Å²) in [7, 11) is 0. The van der Waals surface area contributed by atoms with Gasteiger partial charge in [0.1, 0.15) is 30.5 Å². The molecule has 3 rings (SSSR count). The van der Waals surface area contributed by atoms with E-state index in [1.54, 1.807) is 12.1 Å². The molecule has 0 fully saturated rings. The number of rotatable bonds is 5. The van der Waals surface area contributed by atoms with Crippen LogP contribution in [0.25, 0.3) is 5.82 Å². The molecule has 8 nitrogen and oxygen atoms in total. The van der Waals surface area contributed by atoms with Crippen LogP contribution in [-0.2, 0) is 4.79 Å². The zero-order valence-electron chi connectivity index (χ0n) is 12.4. The number of nitrogens with zero attached hydrogens (tertiary/aromatic N) is 5. The van der Waals surface area contributed by atoms with Crippen LogP contribution in [0.3, 0.4) is 0 Å². The number of aryl methyl sites for hydroxylation is 1. The van der Waals surface area contributed by atoms with E-state index in [-0.39, 0.29) is 12.5 Å². The second kappa shape index (κ2) is 6.65. The highest BCUT2D eigenvalue weighted by Gasteiger charge is 2.07. The number of amides is 1. The molecule has 0 radical (unpaired) electrons. The third-order valence-corrected chi connectivity index (χ3v) is 2.93. The highest BCUT2D eigenvalue weighted by atomic mass is 16.5. The maximum absolute atomic E-state index is 11.9. The number of carbonyl (C=O) groups is 1. The summed E-state index contributed by atoms with van der Waals surface area (Å²) in [6, 6.07) is 9.09. The zero-order chi connectivity index (χ0) is 16.1. The fraction of sp³-hybridized carbons (Fsp3) is 0.133. The molecule has 2 aromatic heterocycles. The van der Waals surface area contributed by atoms with Gasteiger partial charge in [-0.1, -0.05) is 12.1 Å². The molecule has 0 saturated carbocycles. The van der Waals surface area contributed by atoms with Crippen LogP contribution in [0.4, 0.5) is 5.82 Å². The fourth-order valence-corrected chi connectivity index (χ4v) is 1.90. The summed E-state index contributed by atoms with van der Waals surface area (Å²) < 4.78 is 6.91. The molecule has 0 bridgehead atoms. The molecule has 0 atom stereocenters. The molecule has 1 aromatic carbocycles. The monoisotopic (exact) mass is 310 g/mol. The van der Waals surface area contributed by atoms with E-state index in [4.69, 9.17) is 4.74 Å². The number of aromatic nitrogens is 5. The van der Waals surface area contributed by atoms with E-state index in [0.29, 0.717) is 17.4 Å². The normalized spacial score (nSPS) is 10.3. The van der Waals surface area contributed by atoms with E-state index in [1.165, 1.54) is 23.7 Å². The van der Waals surface area contributed by atoms with E-state index in [1.807, 2.05) is 25.1 Å². The van der Waals surface area contributed by atoms with Crippen molar-refractivity contribution >= 4 is 11.7 Å². The van der Waals surface area contributed by atoms with Gasteiger partial charge in [0.05, 0.1) is 0 Å². The second-order valence-electron chi connectivity index (χ2n) is 4.75. The van der Waals surface area contributed by atoms with Crippen molar-refractivity contribution in [3.05, 3.63) is 54.9 Å². The maximum atomic E-state index is 11.9. The molecule has 116 valence electrons. The fourth-order valence-electron chi connectivity index (χ4n) is 1.90. The third-order valence-electron chi connectivity index (χ3n) is 2.93. The van der Waals surface area contributed by atoms with Gasteiger partial charge in [-0.25, -0.2) is 19.6 Å². The van der Waals surface area contributed by atoms with Crippen molar-refractivity contribution in [1.29, 1.82) is 0 Å². The van der Waals surface area contributed by atoms with Crippen molar-refractivity contribution in [3.63, 3.8) is 0 Å². The molecule has 2 heterocycles. The SMILES string of the molecule is Cc1cccc(OCC(=O)Nc2cc(-n3cncn3)ncn2)c1. The summed E-state index contributed by atoms with van der Waals surface area (Å²) in [4.78, 5) is 23.8. The summed E-state index contributed by atoms with van der Waals surface area (Å²) in [5.74, 6) is 1.21. The lowest BCUT2D eigenvalue weighted by atomic mass is 10.2. The molecule has 8 heteroatoms. The van der Waals surface area contributed by atoms with E-state index >= 15 is 0 Å². The predicted octanol–water partition coefficient (Wildman–Crippen LogP) is 1.38. The lowest BCUT2D eigenvalue weighted by Crippen LogP contribution is -2.21. The largest absolute Gasteiger partial charge is 0.484 e. The number of ether oxygens (including phenoxy) is 1. The summed E-state index contributed by atoms with van der Waals surface area (Å²) in [5, 5.41) is 6.62. The standard InChI is InChI=1S/C15H14N6O2/c1-11-3-2-4-12(5-11)23-7-15(22)20-13-6-14(18-9-17-13)21-10-16-8-19-21/h2-6,8-10H,7H2,1H3,(H,17,18,20,22). The van der Waals surface area contributed by atoms with Crippen LogP contribution in [0.15, 0.2) is 49.3 Å². The minimum Gasteiger partial charge on any atom is -0.484 e. The third kappa shape index (κ3) is 3.88. The Morgan fingerprint density at radius 1 is 1.26 bits per heavy atom. The van der Waals surface area contributed by atoms with Crippen LogP contribution < -0.4 is 10.1 Å². The second-order valence-corrected chi connectivity index (χ2v) is 4.75. The minimum atomic E-state index is -0.310. The lowest BCUT2D eigenvalue weighted by molar-refractivity contribution is -0.118. The number of carbonyl (C=O) groups excluding carboxylic acids is 1. The van der Waals surface area contributed by atoms with E-state index in [2.05, 4.69) is 25.4 Å². The molecule has 0 aliphatic carbocycles. The van der Waals surface area contributed by atoms with Gasteiger partial charge in [-0.2, -0.15) is 5.10 Å². The smallest absolute Gasteiger partial charge is 0.263 e.